The van der Waals surface area contributed by atoms with E-state index >= 15 is 0 Å². The third kappa shape index (κ3) is 2.72. The minimum absolute atomic E-state index is 0.415. The Labute approximate surface area is 118 Å². The van der Waals surface area contributed by atoms with Crippen molar-refractivity contribution in [2.75, 3.05) is 12.4 Å². The zero-order valence-corrected chi connectivity index (χ0v) is 11.3. The number of pyridine rings is 1. The summed E-state index contributed by atoms with van der Waals surface area (Å²) in [6.07, 6.45) is 6.41. The molecule has 100 valence electrons. The van der Waals surface area contributed by atoms with Gasteiger partial charge >= 0.3 is 0 Å². The molecular formula is C11H10N8S. The quantitative estimate of drug-likeness (QED) is 0.760. The van der Waals surface area contributed by atoms with Crippen LogP contribution in [0.5, 0.6) is 0 Å². The van der Waals surface area contributed by atoms with Crippen molar-refractivity contribution < 1.29 is 0 Å². The highest BCUT2D eigenvalue weighted by atomic mass is 32.2. The van der Waals surface area contributed by atoms with Crippen LogP contribution in [0, 0.1) is 0 Å². The van der Waals surface area contributed by atoms with Crippen LogP contribution in [0.15, 0.2) is 47.2 Å². The summed E-state index contributed by atoms with van der Waals surface area (Å²) >= 11 is 1.42. The molecule has 3 aromatic heterocycles. The molecule has 9 heteroatoms. The van der Waals surface area contributed by atoms with Crippen LogP contribution >= 0.6 is 11.8 Å². The van der Waals surface area contributed by atoms with Gasteiger partial charge in [0, 0.05) is 24.3 Å². The maximum absolute atomic E-state index is 4.36. The Balaban J connectivity index is 1.96. The van der Waals surface area contributed by atoms with Gasteiger partial charge in [0.05, 0.1) is 0 Å². The van der Waals surface area contributed by atoms with Crippen LogP contribution in [-0.2, 0) is 0 Å². The van der Waals surface area contributed by atoms with E-state index in [4.69, 9.17) is 0 Å². The van der Waals surface area contributed by atoms with Crippen molar-refractivity contribution in [1.82, 2.24) is 34.7 Å². The predicted molar refractivity (Wildman–Crippen MR) is 72.7 cm³/mol. The summed E-state index contributed by atoms with van der Waals surface area (Å²) in [5, 5.41) is 7.49. The largest absolute Gasteiger partial charge is 0.357 e. The number of nitrogens with one attached hydrogen (secondary N) is 1. The molecule has 0 aliphatic carbocycles. The smallest absolute Gasteiger partial charge is 0.257 e. The Morgan fingerprint density at radius 2 is 1.95 bits per heavy atom. The molecule has 0 saturated carbocycles. The Hall–Kier alpha value is -2.55. The summed E-state index contributed by atoms with van der Waals surface area (Å²) in [4.78, 5) is 21.8. The van der Waals surface area contributed by atoms with Gasteiger partial charge < -0.3 is 5.32 Å². The second-order valence-electron chi connectivity index (χ2n) is 3.62. The van der Waals surface area contributed by atoms with Crippen molar-refractivity contribution in [3.63, 3.8) is 0 Å². The van der Waals surface area contributed by atoms with Crippen molar-refractivity contribution in [1.29, 1.82) is 0 Å². The first kappa shape index (κ1) is 12.5. The third-order valence-corrected chi connectivity index (χ3v) is 3.18. The second-order valence-corrected chi connectivity index (χ2v) is 4.66. The van der Waals surface area contributed by atoms with Gasteiger partial charge in [-0.25, -0.2) is 4.98 Å². The van der Waals surface area contributed by atoms with Gasteiger partial charge in [0.25, 0.3) is 5.95 Å². The van der Waals surface area contributed by atoms with Crippen molar-refractivity contribution in [3.05, 3.63) is 37.2 Å². The first-order valence-corrected chi connectivity index (χ1v) is 6.53. The van der Waals surface area contributed by atoms with Gasteiger partial charge in [-0.15, -0.1) is 0 Å². The van der Waals surface area contributed by atoms with Crippen LogP contribution in [0.3, 0.4) is 0 Å². The van der Waals surface area contributed by atoms with Crippen LogP contribution in [0.4, 0.5) is 5.95 Å². The van der Waals surface area contributed by atoms with Crippen LogP contribution < -0.4 is 5.32 Å². The second kappa shape index (κ2) is 5.61. The molecule has 20 heavy (non-hydrogen) atoms. The molecule has 0 unspecified atom stereocenters. The lowest BCUT2D eigenvalue weighted by atomic mass is 10.5. The topological polar surface area (TPSA) is 94.3 Å². The molecular weight excluding hydrogens is 276 g/mol. The number of hydrogen-bond donors (Lipinski definition) is 1. The molecule has 3 aromatic rings. The molecule has 0 fully saturated rings. The molecule has 0 bridgehead atoms. The average molecular weight is 286 g/mol. The van der Waals surface area contributed by atoms with Gasteiger partial charge in [-0.2, -0.15) is 24.7 Å². The number of hydrogen-bond acceptors (Lipinski definition) is 8. The van der Waals surface area contributed by atoms with E-state index in [0.717, 1.165) is 4.90 Å². The lowest BCUT2D eigenvalue weighted by molar-refractivity contribution is 0.761. The van der Waals surface area contributed by atoms with E-state index < -0.39 is 0 Å². The summed E-state index contributed by atoms with van der Waals surface area (Å²) in [5.74, 6) is 0.889. The minimum Gasteiger partial charge on any atom is -0.357 e. The van der Waals surface area contributed by atoms with E-state index in [-0.39, 0.29) is 0 Å². The van der Waals surface area contributed by atoms with Gasteiger partial charge in [0.2, 0.25) is 5.95 Å². The van der Waals surface area contributed by atoms with Gasteiger partial charge in [-0.3, -0.25) is 4.98 Å². The summed E-state index contributed by atoms with van der Waals surface area (Å²) in [5.41, 5.74) is 0. The van der Waals surface area contributed by atoms with Crippen LogP contribution in [0.2, 0.25) is 0 Å². The normalized spacial score (nSPS) is 10.4. The molecule has 1 N–H and O–H groups in total. The third-order valence-electron chi connectivity index (χ3n) is 2.31. The van der Waals surface area contributed by atoms with E-state index in [9.17, 15) is 0 Å². The number of aromatic nitrogens is 7. The first-order chi connectivity index (χ1) is 9.85. The van der Waals surface area contributed by atoms with E-state index in [1.165, 1.54) is 29.1 Å². The lowest BCUT2D eigenvalue weighted by Gasteiger charge is -2.05. The molecule has 0 aliphatic rings. The molecule has 0 saturated heterocycles. The number of anilines is 1. The van der Waals surface area contributed by atoms with E-state index in [1.54, 1.807) is 19.4 Å². The van der Waals surface area contributed by atoms with E-state index in [0.29, 0.717) is 17.1 Å². The van der Waals surface area contributed by atoms with E-state index in [1.807, 2.05) is 12.1 Å². The fraction of sp³-hybridized carbons (Fsp3) is 0.0909. The first-order valence-electron chi connectivity index (χ1n) is 5.72. The highest BCUT2D eigenvalue weighted by Crippen LogP contribution is 2.24. The summed E-state index contributed by atoms with van der Waals surface area (Å²) in [7, 11) is 1.75. The molecule has 0 aromatic carbocycles. The Morgan fingerprint density at radius 3 is 2.65 bits per heavy atom. The van der Waals surface area contributed by atoms with Crippen molar-refractivity contribution >= 4 is 17.7 Å². The van der Waals surface area contributed by atoms with Gasteiger partial charge in [0.1, 0.15) is 12.7 Å². The van der Waals surface area contributed by atoms with Crippen LogP contribution in [0.1, 0.15) is 0 Å². The van der Waals surface area contributed by atoms with Gasteiger partial charge in [-0.05, 0) is 23.9 Å². The molecule has 0 radical (unpaired) electrons. The minimum atomic E-state index is 0.415. The highest BCUT2D eigenvalue weighted by molar-refractivity contribution is 7.99. The molecule has 3 heterocycles. The molecule has 0 spiro atoms. The average Bonchev–Trinajstić information content (AvgIpc) is 3.02. The van der Waals surface area contributed by atoms with Crippen molar-refractivity contribution in [3.8, 4) is 5.95 Å². The highest BCUT2D eigenvalue weighted by Gasteiger charge is 2.09. The lowest BCUT2D eigenvalue weighted by Crippen LogP contribution is -2.07. The summed E-state index contributed by atoms with van der Waals surface area (Å²) in [6, 6.07) is 3.78. The zero-order valence-electron chi connectivity index (χ0n) is 10.5. The molecule has 3 rings (SSSR count). The monoisotopic (exact) mass is 286 g/mol. The van der Waals surface area contributed by atoms with Crippen LogP contribution in [-0.4, -0.2) is 41.7 Å². The van der Waals surface area contributed by atoms with Crippen molar-refractivity contribution in [2.45, 2.75) is 10.1 Å². The predicted octanol–water partition coefficient (Wildman–Crippen LogP) is 1.04. The maximum Gasteiger partial charge on any atom is 0.257 e. The van der Waals surface area contributed by atoms with Gasteiger partial charge in [0.15, 0.2) is 5.16 Å². The Bertz CT molecular complexity index is 685. The summed E-state index contributed by atoms with van der Waals surface area (Å²) < 4.78 is 1.49. The standard InChI is InChI=1S/C11H10N8S/c1-12-9-16-10(19-7-14-6-15-19)18-11(17-9)20-8-2-4-13-5-3-8/h2-7H,1H3,(H,12,16,17,18). The SMILES string of the molecule is CNc1nc(Sc2ccncc2)nc(-n2cncn2)n1. The molecule has 0 amide bonds. The Morgan fingerprint density at radius 1 is 1.10 bits per heavy atom. The Kier molecular flexibility index (Phi) is 3.50. The maximum atomic E-state index is 4.36. The van der Waals surface area contributed by atoms with Crippen LogP contribution in [0.25, 0.3) is 5.95 Å². The van der Waals surface area contributed by atoms with E-state index in [2.05, 4.69) is 35.3 Å². The molecule has 0 atom stereocenters. The fourth-order valence-electron chi connectivity index (χ4n) is 1.43. The number of nitrogens with zero attached hydrogens (tertiary/aromatic N) is 7. The molecule has 8 nitrogen and oxygen atoms in total. The van der Waals surface area contributed by atoms with Crippen molar-refractivity contribution in [2.24, 2.45) is 0 Å². The van der Waals surface area contributed by atoms with Gasteiger partial charge in [-0.1, -0.05) is 0 Å². The number of rotatable bonds is 4. The zero-order chi connectivity index (χ0) is 13.8. The summed E-state index contributed by atoms with van der Waals surface area (Å²) in [6.45, 7) is 0. The molecule has 0 aliphatic heterocycles. The fourth-order valence-corrected chi connectivity index (χ4v) is 2.16.